The minimum atomic E-state index is -0.790. The Balaban J connectivity index is 4.32. The molecule has 0 radical (unpaired) electrons. The van der Waals surface area contributed by atoms with Gasteiger partial charge >= 0.3 is 17.9 Å². The lowest BCUT2D eigenvalue weighted by Gasteiger charge is -2.18. The maximum atomic E-state index is 12.7. The number of carbonyl (C=O) groups excluding carboxylic acids is 3. The second-order valence-electron chi connectivity index (χ2n) is 17.4. The molecule has 0 rings (SSSR count). The molecule has 0 amide bonds. The fourth-order valence-electron chi connectivity index (χ4n) is 7.10. The maximum Gasteiger partial charge on any atom is 0.306 e. The predicted octanol–water partition coefficient (Wildman–Crippen LogP) is 17.8. The average Bonchev–Trinajstić information content (AvgIpc) is 3.30. The summed E-state index contributed by atoms with van der Waals surface area (Å²) >= 11 is 0. The van der Waals surface area contributed by atoms with E-state index in [0.29, 0.717) is 19.3 Å². The highest BCUT2D eigenvalue weighted by Crippen LogP contribution is 2.14. The molecule has 1 atom stereocenters. The van der Waals surface area contributed by atoms with Crippen molar-refractivity contribution in [1.29, 1.82) is 0 Å². The molecular formula is C59H98O6. The fourth-order valence-corrected chi connectivity index (χ4v) is 7.10. The number of allylic oxidation sites excluding steroid dienone is 16. The van der Waals surface area contributed by atoms with E-state index in [1.165, 1.54) is 89.9 Å². The van der Waals surface area contributed by atoms with Gasteiger partial charge in [-0.1, -0.05) is 234 Å². The highest BCUT2D eigenvalue weighted by molar-refractivity contribution is 5.71. The minimum absolute atomic E-state index is 0.0891. The molecule has 0 aliphatic heterocycles. The van der Waals surface area contributed by atoms with Crippen LogP contribution in [0.15, 0.2) is 97.2 Å². The van der Waals surface area contributed by atoms with Crippen molar-refractivity contribution in [3.8, 4) is 0 Å². The van der Waals surface area contributed by atoms with Gasteiger partial charge in [0.1, 0.15) is 13.2 Å². The number of esters is 3. The van der Waals surface area contributed by atoms with Crippen LogP contribution in [0.4, 0.5) is 0 Å². The molecule has 0 aliphatic rings. The third-order valence-electron chi connectivity index (χ3n) is 11.1. The Morgan fingerprint density at radius 3 is 0.938 bits per heavy atom. The molecule has 0 saturated heterocycles. The van der Waals surface area contributed by atoms with Crippen molar-refractivity contribution in [2.75, 3.05) is 13.2 Å². The van der Waals surface area contributed by atoms with Gasteiger partial charge in [-0.05, 0) is 83.5 Å². The van der Waals surface area contributed by atoms with Crippen LogP contribution in [0.3, 0.4) is 0 Å². The smallest absolute Gasteiger partial charge is 0.306 e. The molecule has 6 nitrogen and oxygen atoms in total. The van der Waals surface area contributed by atoms with Crippen molar-refractivity contribution in [2.45, 2.75) is 245 Å². The Hall–Kier alpha value is -3.67. The van der Waals surface area contributed by atoms with Crippen molar-refractivity contribution in [2.24, 2.45) is 0 Å². The second kappa shape index (κ2) is 52.9. The van der Waals surface area contributed by atoms with Crippen LogP contribution in [0.1, 0.15) is 239 Å². The summed E-state index contributed by atoms with van der Waals surface area (Å²) in [4.78, 5) is 37.8. The van der Waals surface area contributed by atoms with Gasteiger partial charge in [0.25, 0.3) is 0 Å². The van der Waals surface area contributed by atoms with E-state index in [-0.39, 0.29) is 31.1 Å². The summed E-state index contributed by atoms with van der Waals surface area (Å²) < 4.78 is 16.7. The van der Waals surface area contributed by atoms with Gasteiger partial charge in [-0.25, -0.2) is 0 Å². The molecule has 0 spiro atoms. The standard InChI is InChI=1S/C59H98O6/c1-4-7-10-13-16-19-21-22-23-24-25-26-27-28-29-30-31-32-33-34-35-36-38-40-43-46-49-52-58(61)64-55-56(54-63-57(60)51-48-45-42-39-18-15-12-9-6-3)65-59(62)53-50-47-44-41-37-20-17-14-11-8-5-2/h7,10,16,19,22-23,25-26,28-29,31-32,34-35,38,40,56H,4-6,8-9,11-15,17-18,20-21,24,27,30,33,36-37,39,41-55H2,1-3H3/b10-7-,19-16-,23-22-,26-25-,29-28-,32-31-,35-34-,40-38-. The van der Waals surface area contributed by atoms with E-state index in [1.54, 1.807) is 0 Å². The largest absolute Gasteiger partial charge is 0.462 e. The Kier molecular flexibility index (Phi) is 50.0. The highest BCUT2D eigenvalue weighted by Gasteiger charge is 2.19. The van der Waals surface area contributed by atoms with Crippen LogP contribution in [-0.2, 0) is 28.6 Å². The van der Waals surface area contributed by atoms with Crippen LogP contribution in [0, 0.1) is 0 Å². The third kappa shape index (κ3) is 51.2. The van der Waals surface area contributed by atoms with Gasteiger partial charge in [0.15, 0.2) is 6.10 Å². The van der Waals surface area contributed by atoms with Crippen LogP contribution >= 0.6 is 0 Å². The van der Waals surface area contributed by atoms with Gasteiger partial charge in [0.05, 0.1) is 0 Å². The molecule has 0 heterocycles. The molecule has 0 aromatic heterocycles. The van der Waals surface area contributed by atoms with Crippen molar-refractivity contribution >= 4 is 17.9 Å². The number of rotatable bonds is 47. The first-order valence-electron chi connectivity index (χ1n) is 26.7. The summed E-state index contributed by atoms with van der Waals surface area (Å²) in [5.74, 6) is -0.940. The summed E-state index contributed by atoms with van der Waals surface area (Å²) in [5, 5.41) is 0. The zero-order valence-corrected chi connectivity index (χ0v) is 42.2. The van der Waals surface area contributed by atoms with Crippen LogP contribution in [0.5, 0.6) is 0 Å². The Bertz CT molecular complexity index is 1310. The van der Waals surface area contributed by atoms with E-state index < -0.39 is 6.10 Å². The first-order valence-corrected chi connectivity index (χ1v) is 26.7. The lowest BCUT2D eigenvalue weighted by molar-refractivity contribution is -0.167. The molecule has 0 aromatic carbocycles. The number of carbonyl (C=O) groups is 3. The number of hydrogen-bond acceptors (Lipinski definition) is 6. The van der Waals surface area contributed by atoms with Crippen LogP contribution < -0.4 is 0 Å². The van der Waals surface area contributed by atoms with Gasteiger partial charge in [0, 0.05) is 19.3 Å². The monoisotopic (exact) mass is 903 g/mol. The average molecular weight is 903 g/mol. The van der Waals surface area contributed by atoms with Crippen LogP contribution in [0.25, 0.3) is 0 Å². The second-order valence-corrected chi connectivity index (χ2v) is 17.4. The van der Waals surface area contributed by atoms with Crippen molar-refractivity contribution < 1.29 is 28.6 Å². The lowest BCUT2D eigenvalue weighted by atomic mass is 10.1. The van der Waals surface area contributed by atoms with E-state index in [1.807, 2.05) is 0 Å². The van der Waals surface area contributed by atoms with E-state index in [2.05, 4.69) is 118 Å². The minimum Gasteiger partial charge on any atom is -0.462 e. The normalized spacial score (nSPS) is 12.8. The summed E-state index contributed by atoms with van der Waals surface area (Å²) in [5.41, 5.74) is 0. The molecule has 1 unspecified atom stereocenters. The summed E-state index contributed by atoms with van der Waals surface area (Å²) in [6, 6.07) is 0. The lowest BCUT2D eigenvalue weighted by Crippen LogP contribution is -2.30. The van der Waals surface area contributed by atoms with E-state index in [0.717, 1.165) is 109 Å². The zero-order chi connectivity index (χ0) is 47.2. The summed E-state index contributed by atoms with van der Waals surface area (Å²) in [7, 11) is 0. The molecule has 370 valence electrons. The predicted molar refractivity (Wildman–Crippen MR) is 279 cm³/mol. The molecule has 0 aromatic rings. The molecule has 0 fully saturated rings. The Labute approximate surface area is 400 Å². The SMILES string of the molecule is CC/C=C\C/C=C\C/C=C\C/C=C\C/C=C\C/C=C\C/C=C\C/C=C\CCCCC(=O)OCC(COC(=O)CCCCCCCCCCC)OC(=O)CCCCCCCCCCCCC. The molecule has 0 saturated carbocycles. The van der Waals surface area contributed by atoms with Gasteiger partial charge in [-0.3, -0.25) is 14.4 Å². The maximum absolute atomic E-state index is 12.7. The van der Waals surface area contributed by atoms with Crippen molar-refractivity contribution in [3.63, 3.8) is 0 Å². The quantitative estimate of drug-likeness (QED) is 0.0262. The number of hydrogen-bond donors (Lipinski definition) is 0. The Morgan fingerprint density at radius 1 is 0.323 bits per heavy atom. The summed E-state index contributed by atoms with van der Waals surface area (Å²) in [6.07, 6.45) is 69.8. The third-order valence-corrected chi connectivity index (χ3v) is 11.1. The molecule has 0 bridgehead atoms. The first-order chi connectivity index (χ1) is 32.0. The molecular weight excluding hydrogens is 805 g/mol. The first kappa shape index (κ1) is 61.3. The van der Waals surface area contributed by atoms with E-state index in [9.17, 15) is 14.4 Å². The number of ether oxygens (including phenoxy) is 3. The van der Waals surface area contributed by atoms with E-state index >= 15 is 0 Å². The van der Waals surface area contributed by atoms with Gasteiger partial charge in [-0.2, -0.15) is 0 Å². The molecule has 0 aliphatic carbocycles. The number of unbranched alkanes of at least 4 members (excludes halogenated alkanes) is 20. The Morgan fingerprint density at radius 2 is 0.600 bits per heavy atom. The topological polar surface area (TPSA) is 78.9 Å². The van der Waals surface area contributed by atoms with E-state index in [4.69, 9.17) is 14.2 Å². The highest BCUT2D eigenvalue weighted by atomic mass is 16.6. The van der Waals surface area contributed by atoms with Crippen LogP contribution in [-0.4, -0.2) is 37.2 Å². The van der Waals surface area contributed by atoms with Crippen LogP contribution in [0.2, 0.25) is 0 Å². The van der Waals surface area contributed by atoms with Gasteiger partial charge in [0.2, 0.25) is 0 Å². The van der Waals surface area contributed by atoms with Gasteiger partial charge < -0.3 is 14.2 Å². The fraction of sp³-hybridized carbons (Fsp3) is 0.678. The van der Waals surface area contributed by atoms with Crippen molar-refractivity contribution in [1.82, 2.24) is 0 Å². The van der Waals surface area contributed by atoms with Crippen molar-refractivity contribution in [3.05, 3.63) is 97.2 Å². The summed E-state index contributed by atoms with van der Waals surface area (Å²) in [6.45, 7) is 6.45. The molecule has 6 heteroatoms. The molecule has 0 N–H and O–H groups in total. The zero-order valence-electron chi connectivity index (χ0n) is 42.2. The molecule has 65 heavy (non-hydrogen) atoms. The van der Waals surface area contributed by atoms with Gasteiger partial charge in [-0.15, -0.1) is 0 Å².